The van der Waals surface area contributed by atoms with Crippen LogP contribution in [0.4, 0.5) is 10.1 Å². The highest BCUT2D eigenvalue weighted by Crippen LogP contribution is 2.28. The third-order valence-electron chi connectivity index (χ3n) is 2.66. The summed E-state index contributed by atoms with van der Waals surface area (Å²) in [6.45, 7) is 0. The largest absolute Gasteiger partial charge is 0.495 e. The quantitative estimate of drug-likeness (QED) is 0.885. The molecule has 0 saturated heterocycles. The molecule has 2 aromatic rings. The number of carbonyl (C=O) groups is 1. The molecular formula is C14H9ClFN3O2. The number of rotatable bonds is 3. The van der Waals surface area contributed by atoms with Crippen molar-refractivity contribution in [2.24, 2.45) is 0 Å². The lowest BCUT2D eigenvalue weighted by Gasteiger charge is -2.12. The summed E-state index contributed by atoms with van der Waals surface area (Å²) in [6, 6.07) is 7.62. The number of ether oxygens (including phenoxy) is 1. The van der Waals surface area contributed by atoms with Crippen molar-refractivity contribution in [1.82, 2.24) is 4.98 Å². The van der Waals surface area contributed by atoms with Crippen molar-refractivity contribution in [3.05, 3.63) is 52.6 Å². The van der Waals surface area contributed by atoms with Gasteiger partial charge in [-0.15, -0.1) is 0 Å². The van der Waals surface area contributed by atoms with E-state index in [1.165, 1.54) is 13.2 Å². The van der Waals surface area contributed by atoms with Crippen molar-refractivity contribution in [3.8, 4) is 11.8 Å². The maximum absolute atomic E-state index is 13.2. The van der Waals surface area contributed by atoms with Gasteiger partial charge in [-0.25, -0.2) is 9.37 Å². The van der Waals surface area contributed by atoms with Crippen LogP contribution in [0.3, 0.4) is 0 Å². The number of benzene rings is 1. The first-order chi connectivity index (χ1) is 10.1. The molecule has 1 N–H and O–H groups in total. The predicted octanol–water partition coefficient (Wildman–Crippen LogP) is 3.01. The van der Waals surface area contributed by atoms with E-state index in [9.17, 15) is 9.18 Å². The number of nitriles is 1. The van der Waals surface area contributed by atoms with E-state index in [1.54, 1.807) is 12.1 Å². The van der Waals surface area contributed by atoms with Crippen LogP contribution in [0.25, 0.3) is 0 Å². The Morgan fingerprint density at radius 3 is 2.95 bits per heavy atom. The minimum absolute atomic E-state index is 0.133. The first-order valence-corrected chi connectivity index (χ1v) is 6.14. The number of carbonyl (C=O) groups excluding carboxylic acids is 1. The molecule has 106 valence electrons. The monoisotopic (exact) mass is 305 g/mol. The lowest BCUT2D eigenvalue weighted by Crippen LogP contribution is -2.15. The molecule has 0 aliphatic rings. The normalized spacial score (nSPS) is 9.81. The molecule has 0 aliphatic carbocycles. The van der Waals surface area contributed by atoms with Crippen molar-refractivity contribution >= 4 is 23.2 Å². The van der Waals surface area contributed by atoms with E-state index >= 15 is 0 Å². The van der Waals surface area contributed by atoms with Gasteiger partial charge in [0.2, 0.25) is 0 Å². The van der Waals surface area contributed by atoms with Crippen LogP contribution in [0.1, 0.15) is 15.9 Å². The molecule has 2 rings (SSSR count). The van der Waals surface area contributed by atoms with Crippen LogP contribution >= 0.6 is 11.6 Å². The summed E-state index contributed by atoms with van der Waals surface area (Å²) in [4.78, 5) is 15.7. The third-order valence-corrected chi connectivity index (χ3v) is 2.96. The summed E-state index contributed by atoms with van der Waals surface area (Å²) in [5.41, 5.74) is 0.266. The SMILES string of the molecule is COc1cccc(C#N)c1NC(=O)c1cc(F)cnc1Cl. The zero-order valence-electron chi connectivity index (χ0n) is 10.9. The number of anilines is 1. The van der Waals surface area contributed by atoms with Crippen LogP contribution in [-0.4, -0.2) is 18.0 Å². The number of para-hydroxylation sites is 1. The van der Waals surface area contributed by atoms with Crippen molar-refractivity contribution in [2.45, 2.75) is 0 Å². The van der Waals surface area contributed by atoms with Gasteiger partial charge in [0.05, 0.1) is 24.4 Å². The molecule has 0 bridgehead atoms. The van der Waals surface area contributed by atoms with E-state index in [1.807, 2.05) is 6.07 Å². The lowest BCUT2D eigenvalue weighted by molar-refractivity contribution is 0.102. The smallest absolute Gasteiger partial charge is 0.259 e. The average Bonchev–Trinajstić information content (AvgIpc) is 2.49. The molecule has 0 atom stereocenters. The molecule has 1 aromatic carbocycles. The van der Waals surface area contributed by atoms with Gasteiger partial charge in [0.1, 0.15) is 28.5 Å². The molecule has 1 aromatic heterocycles. The third kappa shape index (κ3) is 3.09. The van der Waals surface area contributed by atoms with Crippen LogP contribution < -0.4 is 10.1 Å². The minimum Gasteiger partial charge on any atom is -0.495 e. The van der Waals surface area contributed by atoms with Crippen molar-refractivity contribution < 1.29 is 13.9 Å². The van der Waals surface area contributed by atoms with Gasteiger partial charge < -0.3 is 10.1 Å². The summed E-state index contributed by atoms with van der Waals surface area (Å²) >= 11 is 5.77. The molecule has 5 nitrogen and oxygen atoms in total. The number of nitrogens with one attached hydrogen (secondary N) is 1. The Bertz CT molecular complexity index is 743. The van der Waals surface area contributed by atoms with Gasteiger partial charge in [-0.05, 0) is 18.2 Å². The van der Waals surface area contributed by atoms with Crippen LogP contribution in [0.2, 0.25) is 5.15 Å². The number of halogens is 2. The molecule has 0 spiro atoms. The Balaban J connectivity index is 2.41. The van der Waals surface area contributed by atoms with E-state index < -0.39 is 11.7 Å². The summed E-state index contributed by atoms with van der Waals surface area (Å²) in [5, 5.41) is 11.4. The zero-order chi connectivity index (χ0) is 15.4. The minimum atomic E-state index is -0.690. The standard InChI is InChI=1S/C14H9ClFN3O2/c1-21-11-4-2-3-8(6-17)12(11)19-14(20)10-5-9(16)7-18-13(10)15/h2-5,7H,1H3,(H,19,20). The molecule has 0 radical (unpaired) electrons. The van der Waals surface area contributed by atoms with E-state index in [0.717, 1.165) is 12.3 Å². The van der Waals surface area contributed by atoms with Crippen molar-refractivity contribution in [3.63, 3.8) is 0 Å². The predicted molar refractivity (Wildman–Crippen MR) is 74.9 cm³/mol. The first-order valence-electron chi connectivity index (χ1n) is 5.76. The Labute approximate surface area is 124 Å². The highest BCUT2D eigenvalue weighted by Gasteiger charge is 2.17. The van der Waals surface area contributed by atoms with Gasteiger partial charge in [0, 0.05) is 0 Å². The fourth-order valence-corrected chi connectivity index (χ4v) is 1.88. The van der Waals surface area contributed by atoms with Gasteiger partial charge >= 0.3 is 0 Å². The molecule has 0 fully saturated rings. The number of nitrogens with zero attached hydrogens (tertiary/aromatic N) is 2. The van der Waals surface area contributed by atoms with Gasteiger partial charge in [-0.1, -0.05) is 17.7 Å². The van der Waals surface area contributed by atoms with Gasteiger partial charge in [0.15, 0.2) is 0 Å². The van der Waals surface area contributed by atoms with Crippen LogP contribution in [0.15, 0.2) is 30.5 Å². The molecule has 0 aliphatic heterocycles. The molecule has 0 saturated carbocycles. The van der Waals surface area contributed by atoms with E-state index in [-0.39, 0.29) is 22.0 Å². The summed E-state index contributed by atoms with van der Waals surface area (Å²) in [6.07, 6.45) is 0.906. The van der Waals surface area contributed by atoms with E-state index in [4.69, 9.17) is 21.6 Å². The number of amides is 1. The maximum Gasteiger partial charge on any atom is 0.259 e. The Morgan fingerprint density at radius 2 is 2.29 bits per heavy atom. The highest BCUT2D eigenvalue weighted by atomic mass is 35.5. The first kappa shape index (κ1) is 14.8. The number of methoxy groups -OCH3 is 1. The van der Waals surface area contributed by atoms with Gasteiger partial charge in [-0.2, -0.15) is 5.26 Å². The van der Waals surface area contributed by atoms with Crippen molar-refractivity contribution in [1.29, 1.82) is 5.26 Å². The summed E-state index contributed by atoms with van der Waals surface area (Å²) in [7, 11) is 1.41. The Morgan fingerprint density at radius 1 is 1.52 bits per heavy atom. The summed E-state index contributed by atoms with van der Waals surface area (Å²) < 4.78 is 18.2. The Hall–Kier alpha value is -2.65. The second kappa shape index (κ2) is 6.20. The van der Waals surface area contributed by atoms with Gasteiger partial charge in [0.25, 0.3) is 5.91 Å². The number of hydrogen-bond acceptors (Lipinski definition) is 4. The number of hydrogen-bond donors (Lipinski definition) is 1. The number of pyridine rings is 1. The number of aromatic nitrogens is 1. The van der Waals surface area contributed by atoms with E-state index in [2.05, 4.69) is 10.3 Å². The van der Waals surface area contributed by atoms with Crippen molar-refractivity contribution in [2.75, 3.05) is 12.4 Å². The second-order valence-electron chi connectivity index (χ2n) is 3.94. The van der Waals surface area contributed by atoms with Crippen LogP contribution in [0.5, 0.6) is 5.75 Å². The highest BCUT2D eigenvalue weighted by molar-refractivity contribution is 6.33. The van der Waals surface area contributed by atoms with Crippen LogP contribution in [-0.2, 0) is 0 Å². The van der Waals surface area contributed by atoms with E-state index in [0.29, 0.717) is 5.75 Å². The molecule has 1 heterocycles. The molecular weight excluding hydrogens is 297 g/mol. The topological polar surface area (TPSA) is 75.0 Å². The average molecular weight is 306 g/mol. The molecule has 7 heteroatoms. The molecule has 21 heavy (non-hydrogen) atoms. The fraction of sp³-hybridized carbons (Fsp3) is 0.0714. The maximum atomic E-state index is 13.2. The molecule has 1 amide bonds. The summed E-state index contributed by atoms with van der Waals surface area (Å²) in [5.74, 6) is -1.07. The van der Waals surface area contributed by atoms with Gasteiger partial charge in [-0.3, -0.25) is 4.79 Å². The zero-order valence-corrected chi connectivity index (χ0v) is 11.6. The van der Waals surface area contributed by atoms with Crippen LogP contribution in [0, 0.1) is 17.1 Å². The second-order valence-corrected chi connectivity index (χ2v) is 4.30. The fourth-order valence-electron chi connectivity index (χ4n) is 1.69. The Kier molecular flexibility index (Phi) is 4.36. The lowest BCUT2D eigenvalue weighted by atomic mass is 10.1. The molecule has 0 unspecified atom stereocenters.